The fraction of sp³-hybridized carbons (Fsp3) is 0.176. The van der Waals surface area contributed by atoms with Crippen LogP contribution < -0.4 is 4.74 Å². The molecule has 3 aromatic carbocycles. The van der Waals surface area contributed by atoms with E-state index in [1.165, 1.54) is 16.5 Å². The number of benzene rings is 3. The maximum absolute atomic E-state index is 6.09. The quantitative estimate of drug-likeness (QED) is 0.164. The summed E-state index contributed by atoms with van der Waals surface area (Å²) in [6, 6.07) is 34.0. The van der Waals surface area contributed by atoms with Crippen molar-refractivity contribution in [2.24, 2.45) is 0 Å². The summed E-state index contributed by atoms with van der Waals surface area (Å²) in [5.41, 5.74) is 6.35. The third-order valence-electron chi connectivity index (χ3n) is 6.95. The second kappa shape index (κ2) is 11.2. The van der Waals surface area contributed by atoms with E-state index in [-0.39, 0.29) is 21.1 Å². The molecule has 0 saturated heterocycles. The van der Waals surface area contributed by atoms with E-state index in [9.17, 15) is 0 Å². The van der Waals surface area contributed by atoms with Crippen molar-refractivity contribution < 1.29 is 25.8 Å². The zero-order valence-electron chi connectivity index (χ0n) is 22.4. The summed E-state index contributed by atoms with van der Waals surface area (Å²) in [4.78, 5) is 9.22. The molecule has 0 N–H and O–H groups in total. The van der Waals surface area contributed by atoms with Gasteiger partial charge in [0.05, 0.1) is 0 Å². The molecule has 0 radical (unpaired) electrons. The number of rotatable bonds is 6. The molecule has 0 spiro atoms. The Balaban J connectivity index is 0.00000308. The topological polar surface area (TPSA) is 39.9 Å². The van der Waals surface area contributed by atoms with Gasteiger partial charge in [0, 0.05) is 29.7 Å². The Morgan fingerprint density at radius 2 is 1.51 bits per heavy atom. The summed E-state index contributed by atoms with van der Waals surface area (Å²) in [5, 5.41) is 2.32. The summed E-state index contributed by atoms with van der Waals surface area (Å²) in [6.07, 6.45) is 3.76. The van der Waals surface area contributed by atoms with Crippen LogP contribution in [0.15, 0.2) is 91.3 Å². The normalized spacial score (nSPS) is 11.3. The van der Waals surface area contributed by atoms with Crippen LogP contribution in [0, 0.1) is 12.1 Å². The van der Waals surface area contributed by atoms with Crippen LogP contribution in [0.1, 0.15) is 50.7 Å². The van der Waals surface area contributed by atoms with E-state index in [1.54, 1.807) is 6.20 Å². The SMILES string of the molecule is CC(C)c1ccc(-n2c3[c-]c(-c4[c-]c(Oc5cc(C(C)C)ccn5)ccc4)ccc3c3ccccc32)nc1.[Pt+2]. The van der Waals surface area contributed by atoms with Crippen LogP contribution in [0.3, 0.4) is 0 Å². The Bertz CT molecular complexity index is 1750. The first-order valence-electron chi connectivity index (χ1n) is 13.1. The molecule has 39 heavy (non-hydrogen) atoms. The van der Waals surface area contributed by atoms with Crippen molar-refractivity contribution in [3.63, 3.8) is 0 Å². The molecule has 0 bridgehead atoms. The second-order valence-corrected chi connectivity index (χ2v) is 10.2. The van der Waals surface area contributed by atoms with Crippen LogP contribution in [0.2, 0.25) is 0 Å². The number of hydrogen-bond donors (Lipinski definition) is 0. The second-order valence-electron chi connectivity index (χ2n) is 10.2. The van der Waals surface area contributed by atoms with E-state index >= 15 is 0 Å². The molecule has 0 aliphatic rings. The van der Waals surface area contributed by atoms with Gasteiger partial charge in [-0.15, -0.1) is 18.2 Å². The van der Waals surface area contributed by atoms with Gasteiger partial charge in [-0.3, -0.25) is 0 Å². The number of aromatic nitrogens is 3. The molecule has 0 aliphatic heterocycles. The van der Waals surface area contributed by atoms with Gasteiger partial charge in [-0.25, -0.2) is 21.1 Å². The van der Waals surface area contributed by atoms with E-state index in [1.807, 2.05) is 36.5 Å². The van der Waals surface area contributed by atoms with Gasteiger partial charge in [0.1, 0.15) is 5.82 Å². The number of nitrogens with zero attached hydrogens (tertiary/aromatic N) is 3. The largest absolute Gasteiger partial charge is 2.00 e. The van der Waals surface area contributed by atoms with E-state index in [0.717, 1.165) is 33.4 Å². The van der Waals surface area contributed by atoms with Crippen molar-refractivity contribution >= 4 is 21.8 Å². The van der Waals surface area contributed by atoms with Crippen LogP contribution >= 0.6 is 0 Å². The maximum atomic E-state index is 6.09. The van der Waals surface area contributed by atoms with E-state index in [2.05, 4.69) is 97.9 Å². The number of para-hydroxylation sites is 1. The van der Waals surface area contributed by atoms with Gasteiger partial charge in [0.15, 0.2) is 0 Å². The van der Waals surface area contributed by atoms with Crippen LogP contribution in [-0.4, -0.2) is 14.5 Å². The third kappa shape index (κ3) is 5.27. The minimum Gasteiger partial charge on any atom is -0.460 e. The summed E-state index contributed by atoms with van der Waals surface area (Å²) >= 11 is 0. The first kappa shape index (κ1) is 26.8. The molecule has 0 unspecified atom stereocenters. The van der Waals surface area contributed by atoms with Gasteiger partial charge < -0.3 is 9.30 Å². The Morgan fingerprint density at radius 3 is 2.28 bits per heavy atom. The fourth-order valence-electron chi connectivity index (χ4n) is 4.78. The molecule has 196 valence electrons. The van der Waals surface area contributed by atoms with Crippen molar-refractivity contribution in [1.82, 2.24) is 14.5 Å². The molecule has 0 fully saturated rings. The zero-order chi connectivity index (χ0) is 26.2. The summed E-state index contributed by atoms with van der Waals surface area (Å²) in [6.45, 7) is 8.68. The Hall–Kier alpha value is -3.75. The van der Waals surface area contributed by atoms with Gasteiger partial charge in [-0.05, 0) is 52.1 Å². The molecule has 6 aromatic rings. The zero-order valence-corrected chi connectivity index (χ0v) is 24.7. The Morgan fingerprint density at radius 1 is 0.718 bits per heavy atom. The molecule has 0 atom stereocenters. The predicted molar refractivity (Wildman–Crippen MR) is 154 cm³/mol. The van der Waals surface area contributed by atoms with Gasteiger partial charge >= 0.3 is 21.1 Å². The molecular formula is C34H29N3OPt. The minimum atomic E-state index is 0. The smallest absolute Gasteiger partial charge is 0.460 e. The molecule has 5 heteroatoms. The molecular weight excluding hydrogens is 661 g/mol. The monoisotopic (exact) mass is 690 g/mol. The van der Waals surface area contributed by atoms with Gasteiger partial charge in [-0.2, -0.15) is 24.3 Å². The molecule has 3 heterocycles. The van der Waals surface area contributed by atoms with E-state index in [0.29, 0.717) is 23.5 Å². The van der Waals surface area contributed by atoms with Gasteiger partial charge in [0.25, 0.3) is 0 Å². The van der Waals surface area contributed by atoms with Crippen molar-refractivity contribution in [2.75, 3.05) is 0 Å². The van der Waals surface area contributed by atoms with Gasteiger partial charge in [0.2, 0.25) is 5.88 Å². The average molecular weight is 691 g/mol. The average Bonchev–Trinajstić information content (AvgIpc) is 3.27. The molecule has 0 amide bonds. The van der Waals surface area contributed by atoms with E-state index < -0.39 is 0 Å². The van der Waals surface area contributed by atoms with Crippen molar-refractivity contribution in [2.45, 2.75) is 39.5 Å². The van der Waals surface area contributed by atoms with Crippen molar-refractivity contribution in [3.8, 4) is 28.6 Å². The van der Waals surface area contributed by atoms with Gasteiger partial charge in [-0.1, -0.05) is 57.3 Å². The third-order valence-corrected chi connectivity index (χ3v) is 6.95. The fourth-order valence-corrected chi connectivity index (χ4v) is 4.78. The van der Waals surface area contributed by atoms with Crippen LogP contribution in [0.4, 0.5) is 0 Å². The summed E-state index contributed by atoms with van der Waals surface area (Å²) in [5.74, 6) is 2.91. The first-order chi connectivity index (χ1) is 18.5. The molecule has 3 aromatic heterocycles. The predicted octanol–water partition coefficient (Wildman–Crippen LogP) is 8.88. The molecule has 4 nitrogen and oxygen atoms in total. The number of hydrogen-bond acceptors (Lipinski definition) is 3. The first-order valence-corrected chi connectivity index (χ1v) is 13.1. The number of pyridine rings is 2. The Labute approximate surface area is 244 Å². The van der Waals surface area contributed by atoms with Crippen molar-refractivity contribution in [1.29, 1.82) is 0 Å². The van der Waals surface area contributed by atoms with Crippen LogP contribution in [-0.2, 0) is 21.1 Å². The van der Waals surface area contributed by atoms with Crippen molar-refractivity contribution in [3.05, 3.63) is 115 Å². The van der Waals surface area contributed by atoms with E-state index in [4.69, 9.17) is 9.72 Å². The number of fused-ring (bicyclic) bond motifs is 3. The molecule has 0 aliphatic carbocycles. The summed E-state index contributed by atoms with van der Waals surface area (Å²) in [7, 11) is 0. The minimum absolute atomic E-state index is 0. The summed E-state index contributed by atoms with van der Waals surface area (Å²) < 4.78 is 8.29. The maximum Gasteiger partial charge on any atom is 2.00 e. The van der Waals surface area contributed by atoms with Crippen LogP contribution in [0.25, 0.3) is 38.8 Å². The standard InChI is InChI=1S/C34H29N3O.Pt/c1-22(2)24-16-17-35-34(20-24)38-28-9-7-8-25(18-28)26-12-14-30-29-10-5-6-11-31(29)37(32(30)19-26)33-15-13-27(21-36-33)23(3)4;/h5-17,20-23H,1-4H3;/q-2;+2. The van der Waals surface area contributed by atoms with Crippen LogP contribution in [0.5, 0.6) is 11.6 Å². The Kier molecular flexibility index (Phi) is 7.68. The molecule has 6 rings (SSSR count). The molecule has 0 saturated carbocycles. The number of ether oxygens (including phenoxy) is 1.